The van der Waals surface area contributed by atoms with Crippen molar-refractivity contribution < 1.29 is 18.8 Å². The van der Waals surface area contributed by atoms with Gasteiger partial charge in [-0.2, -0.15) is 0 Å². The highest BCUT2D eigenvalue weighted by molar-refractivity contribution is 8.16. The first kappa shape index (κ1) is 11.5. The number of aliphatic hydroxyl groups is 1. The normalized spacial score (nSPS) is 12.6. The molecular weight excluding hydrogens is 227 g/mol. The van der Waals surface area contributed by atoms with Crippen LogP contribution in [0.3, 0.4) is 0 Å². The van der Waals surface area contributed by atoms with Gasteiger partial charge in [-0.1, -0.05) is 0 Å². The van der Waals surface area contributed by atoms with Gasteiger partial charge in [-0.05, 0) is 32.3 Å². The predicted molar refractivity (Wildman–Crippen MR) is 65.5 cm³/mol. The summed E-state index contributed by atoms with van der Waals surface area (Å²) in [6.07, 6.45) is -0.523. The summed E-state index contributed by atoms with van der Waals surface area (Å²) >= 11 is 0.896. The lowest BCUT2D eigenvalue weighted by atomic mass is 10.3. The summed E-state index contributed by atoms with van der Waals surface area (Å²) in [6.45, 7) is 1.87. The van der Waals surface area contributed by atoms with Crippen LogP contribution in [0.4, 0.5) is 0 Å². The van der Waals surface area contributed by atoms with Gasteiger partial charge in [0.05, 0.1) is 13.2 Å². The van der Waals surface area contributed by atoms with Crippen LogP contribution in [-0.4, -0.2) is 33.4 Å². The molecule has 0 heterocycles. The molecule has 1 unspecified atom stereocenters. The fourth-order valence-electron chi connectivity index (χ4n) is 1.08. The molecule has 1 radical (unpaired) electrons. The van der Waals surface area contributed by atoms with E-state index in [-0.39, 0.29) is 6.61 Å². The van der Waals surface area contributed by atoms with Crippen LogP contribution < -0.4 is 13.7 Å². The molecule has 1 N–H and O–H groups in total. The van der Waals surface area contributed by atoms with Crippen LogP contribution in [0.25, 0.3) is 0 Å². The molecule has 0 aliphatic heterocycles. The summed E-state index contributed by atoms with van der Waals surface area (Å²) < 4.78 is 22.5. The Morgan fingerprint density at radius 3 is 3.00 bits per heavy atom. The number of hydrogen-bond donors (Lipinski definition) is 1. The third-order valence-electron chi connectivity index (χ3n) is 1.76. The first-order valence-electron chi connectivity index (χ1n) is 5.27. The van der Waals surface area contributed by atoms with Crippen LogP contribution in [0, 0.1) is 0 Å². The number of methoxy groups -OCH3 is 1. The Kier molecular flexibility index (Phi) is 4.70. The second kappa shape index (κ2) is 6.55. The zero-order valence-electron chi connectivity index (χ0n) is 10.2. The van der Waals surface area contributed by atoms with E-state index in [1.54, 1.807) is 25.1 Å². The number of aliphatic hydroxyl groups excluding tert-OH is 1. The quantitative estimate of drug-likeness (QED) is 0.577. The van der Waals surface area contributed by atoms with Gasteiger partial charge in [0, 0.05) is 6.07 Å². The Labute approximate surface area is 102 Å². The van der Waals surface area contributed by atoms with Crippen molar-refractivity contribution in [3.05, 3.63) is 18.2 Å². The molecule has 0 amide bonds. The van der Waals surface area contributed by atoms with Crippen LogP contribution in [0.1, 0.15) is 6.92 Å². The van der Waals surface area contributed by atoms with Gasteiger partial charge in [-0.25, -0.2) is 0 Å². The van der Waals surface area contributed by atoms with E-state index in [9.17, 15) is 0 Å². The first-order chi connectivity index (χ1) is 8.17. The average molecular weight is 243 g/mol. The molecule has 1 aromatic rings. The van der Waals surface area contributed by atoms with Crippen molar-refractivity contribution in [1.29, 1.82) is 1.34 Å². The largest absolute Gasteiger partial charge is 0.493 e. The van der Waals surface area contributed by atoms with Gasteiger partial charge in [0.15, 0.2) is 11.5 Å². The standard InChI is InChI=1S/C10H14BO4S/c1-7(12)6-14-8-3-4-9(15-16-11)10(5-8)13-2/h3-5,7,11-12H,6H2,1-2H3/i11T. The van der Waals surface area contributed by atoms with Gasteiger partial charge in [-0.3, -0.25) is 0 Å². The summed E-state index contributed by atoms with van der Waals surface area (Å²) in [7, 11) is 2.60. The maximum Gasteiger partial charge on any atom is 0.227 e. The summed E-state index contributed by atoms with van der Waals surface area (Å²) in [6, 6.07) is 5.07. The van der Waals surface area contributed by atoms with Crippen molar-refractivity contribution in [2.24, 2.45) is 0 Å². The second-order valence-electron chi connectivity index (χ2n) is 3.15. The lowest BCUT2D eigenvalue weighted by Gasteiger charge is -2.12. The van der Waals surface area contributed by atoms with Gasteiger partial charge in [0.2, 0.25) is 7.09 Å². The molecule has 0 aromatic heterocycles. The van der Waals surface area contributed by atoms with E-state index >= 15 is 0 Å². The molecule has 1 rings (SSSR count). The van der Waals surface area contributed by atoms with Crippen LogP contribution in [0.15, 0.2) is 18.2 Å². The molecule has 0 bridgehead atoms. The highest BCUT2D eigenvalue weighted by atomic mass is 32.2. The zero-order chi connectivity index (χ0) is 12.7. The van der Waals surface area contributed by atoms with Crippen LogP contribution in [-0.2, 0) is 0 Å². The Morgan fingerprint density at radius 2 is 2.38 bits per heavy atom. The first-order valence-corrected chi connectivity index (χ1v) is 5.50. The Morgan fingerprint density at radius 1 is 1.56 bits per heavy atom. The van der Waals surface area contributed by atoms with Gasteiger partial charge in [0.25, 0.3) is 0 Å². The molecule has 0 saturated carbocycles. The maximum atomic E-state index is 9.10. The highest BCUT2D eigenvalue weighted by Crippen LogP contribution is 2.32. The van der Waals surface area contributed by atoms with Crippen molar-refractivity contribution in [2.75, 3.05) is 13.7 Å². The van der Waals surface area contributed by atoms with E-state index in [1.165, 1.54) is 7.11 Å². The van der Waals surface area contributed by atoms with Crippen LogP contribution >= 0.6 is 11.9 Å². The number of benzene rings is 1. The third kappa shape index (κ3) is 3.86. The van der Waals surface area contributed by atoms with Gasteiger partial charge >= 0.3 is 0 Å². The molecule has 4 nitrogen and oxygen atoms in total. The molecule has 0 fully saturated rings. The molecule has 0 aliphatic rings. The number of ether oxygens (including phenoxy) is 2. The Bertz CT molecular complexity index is 351. The lowest BCUT2D eigenvalue weighted by molar-refractivity contribution is 0.122. The van der Waals surface area contributed by atoms with Crippen molar-refractivity contribution >= 4 is 19.0 Å². The summed E-state index contributed by atoms with van der Waals surface area (Å²) in [4.78, 5) is 0. The van der Waals surface area contributed by atoms with Crippen molar-refractivity contribution in [1.82, 2.24) is 0 Å². The summed E-state index contributed by atoms with van der Waals surface area (Å²) in [5.41, 5.74) is 0. The minimum Gasteiger partial charge on any atom is -0.493 e. The average Bonchev–Trinajstić information content (AvgIpc) is 2.34. The molecule has 1 atom stereocenters. The third-order valence-corrected chi connectivity index (χ3v) is 2.04. The van der Waals surface area contributed by atoms with Gasteiger partial charge in [-0.15, -0.1) is 0 Å². The fourth-order valence-corrected chi connectivity index (χ4v) is 1.32. The molecular formula is C10H14BO4S. The van der Waals surface area contributed by atoms with Gasteiger partial charge in [0.1, 0.15) is 12.4 Å². The number of hydrogen-bond acceptors (Lipinski definition) is 5. The zero-order valence-corrected chi connectivity index (χ0v) is 9.99. The van der Waals surface area contributed by atoms with Crippen molar-refractivity contribution in [3.8, 4) is 17.2 Å². The van der Waals surface area contributed by atoms with Gasteiger partial charge < -0.3 is 18.8 Å². The SMILES string of the molecule is [3H][B]SOc1ccc(OCC(C)O)cc1OC. The molecule has 0 aliphatic carbocycles. The Hall–Kier alpha value is -1.01. The van der Waals surface area contributed by atoms with E-state index in [0.29, 0.717) is 17.2 Å². The van der Waals surface area contributed by atoms with Crippen molar-refractivity contribution in [3.63, 3.8) is 0 Å². The summed E-state index contributed by atoms with van der Waals surface area (Å²) in [5, 5.41) is 9.10. The van der Waals surface area contributed by atoms with E-state index in [0.717, 1.165) is 19.0 Å². The van der Waals surface area contributed by atoms with E-state index in [4.69, 9.17) is 20.1 Å². The van der Waals surface area contributed by atoms with Crippen LogP contribution in [0.2, 0.25) is 0 Å². The molecule has 6 heteroatoms. The second-order valence-corrected chi connectivity index (χ2v) is 3.51. The smallest absolute Gasteiger partial charge is 0.227 e. The van der Waals surface area contributed by atoms with Crippen molar-refractivity contribution in [2.45, 2.75) is 13.0 Å². The summed E-state index contributed by atoms with van der Waals surface area (Å²) in [5.74, 6) is 1.63. The molecule has 0 saturated heterocycles. The topological polar surface area (TPSA) is 47.9 Å². The molecule has 0 spiro atoms. The minimum absolute atomic E-state index is 0.221. The Balaban J connectivity index is 2.70. The van der Waals surface area contributed by atoms with E-state index < -0.39 is 6.10 Å². The highest BCUT2D eigenvalue weighted by Gasteiger charge is 2.07. The van der Waals surface area contributed by atoms with E-state index in [2.05, 4.69) is 0 Å². The molecule has 16 heavy (non-hydrogen) atoms. The van der Waals surface area contributed by atoms with E-state index in [1.807, 2.05) is 0 Å². The minimum atomic E-state index is -0.523. The monoisotopic (exact) mass is 243 g/mol. The lowest BCUT2D eigenvalue weighted by Crippen LogP contribution is -2.12. The molecule has 87 valence electrons. The predicted octanol–water partition coefficient (Wildman–Crippen LogP) is 1.30. The molecule has 1 aromatic carbocycles. The van der Waals surface area contributed by atoms with Crippen LogP contribution in [0.5, 0.6) is 17.2 Å². The number of rotatable bonds is 7. The maximum absolute atomic E-state index is 9.10. The fraction of sp³-hybridized carbons (Fsp3) is 0.400.